The lowest BCUT2D eigenvalue weighted by Crippen LogP contribution is -2.36. The third-order valence-electron chi connectivity index (χ3n) is 3.41. The quantitative estimate of drug-likeness (QED) is 0.813. The zero-order valence-electron chi connectivity index (χ0n) is 10.4. The molecule has 3 heteroatoms. The Bertz CT molecular complexity index is 415. The molecule has 92 valence electrons. The van der Waals surface area contributed by atoms with Crippen molar-refractivity contribution < 1.29 is 4.79 Å². The second-order valence-electron chi connectivity index (χ2n) is 4.65. The molecular weight excluding hydrogens is 212 g/mol. The van der Waals surface area contributed by atoms with Crippen LogP contribution in [-0.2, 0) is 17.8 Å². The summed E-state index contributed by atoms with van der Waals surface area (Å²) in [5.74, 6) is 0.265. The molecule has 0 radical (unpaired) electrons. The number of benzene rings is 1. The predicted octanol–water partition coefficient (Wildman–Crippen LogP) is 2.34. The van der Waals surface area contributed by atoms with E-state index in [1.165, 1.54) is 5.56 Å². The van der Waals surface area contributed by atoms with Gasteiger partial charge in [0.05, 0.1) is 0 Å². The largest absolute Gasteiger partial charge is 0.398 e. The van der Waals surface area contributed by atoms with Gasteiger partial charge in [0, 0.05) is 25.2 Å². The summed E-state index contributed by atoms with van der Waals surface area (Å²) in [6, 6.07) is 6.02. The average Bonchev–Trinajstić information content (AvgIpc) is 2.36. The Balaban J connectivity index is 2.07. The van der Waals surface area contributed by atoms with E-state index in [-0.39, 0.29) is 5.91 Å². The lowest BCUT2D eigenvalue weighted by Gasteiger charge is -2.29. The van der Waals surface area contributed by atoms with Gasteiger partial charge >= 0.3 is 0 Å². The van der Waals surface area contributed by atoms with Gasteiger partial charge in [0.25, 0.3) is 0 Å². The van der Waals surface area contributed by atoms with E-state index in [2.05, 4.69) is 13.0 Å². The second kappa shape index (κ2) is 5.21. The molecule has 1 aliphatic rings. The van der Waals surface area contributed by atoms with E-state index >= 15 is 0 Å². The number of rotatable bonds is 3. The summed E-state index contributed by atoms with van der Waals surface area (Å²) < 4.78 is 0. The summed E-state index contributed by atoms with van der Waals surface area (Å²) in [5.41, 5.74) is 9.22. The van der Waals surface area contributed by atoms with Gasteiger partial charge < -0.3 is 10.6 Å². The number of carbonyl (C=O) groups is 1. The fraction of sp³-hybridized carbons (Fsp3) is 0.500. The number of unbranched alkanes of at least 4 members (excludes halogenated alkanes) is 1. The van der Waals surface area contributed by atoms with Crippen molar-refractivity contribution in [3.05, 3.63) is 29.3 Å². The van der Waals surface area contributed by atoms with Gasteiger partial charge in [0.15, 0.2) is 0 Å². The number of nitrogen functional groups attached to an aromatic ring is 1. The lowest BCUT2D eigenvalue weighted by atomic mass is 9.98. The molecule has 2 rings (SSSR count). The van der Waals surface area contributed by atoms with E-state index in [0.717, 1.165) is 37.1 Å². The molecule has 0 bridgehead atoms. The Kier molecular flexibility index (Phi) is 3.67. The van der Waals surface area contributed by atoms with Gasteiger partial charge in [0.1, 0.15) is 0 Å². The van der Waals surface area contributed by atoms with Crippen LogP contribution < -0.4 is 5.73 Å². The summed E-state index contributed by atoms with van der Waals surface area (Å²) in [7, 11) is 0. The number of fused-ring (bicyclic) bond motifs is 1. The Hall–Kier alpha value is -1.51. The molecule has 17 heavy (non-hydrogen) atoms. The van der Waals surface area contributed by atoms with E-state index in [1.807, 2.05) is 17.0 Å². The molecule has 0 unspecified atom stereocenters. The smallest absolute Gasteiger partial charge is 0.222 e. The molecule has 1 amide bonds. The zero-order valence-corrected chi connectivity index (χ0v) is 10.4. The monoisotopic (exact) mass is 232 g/mol. The van der Waals surface area contributed by atoms with Crippen molar-refractivity contribution in [1.29, 1.82) is 0 Å². The van der Waals surface area contributed by atoms with Crippen LogP contribution in [0.3, 0.4) is 0 Å². The molecule has 1 aliphatic heterocycles. The van der Waals surface area contributed by atoms with Gasteiger partial charge in [-0.25, -0.2) is 0 Å². The Labute approximate surface area is 103 Å². The van der Waals surface area contributed by atoms with E-state index in [4.69, 9.17) is 5.73 Å². The Morgan fingerprint density at radius 3 is 3.06 bits per heavy atom. The first-order valence-electron chi connectivity index (χ1n) is 6.36. The highest BCUT2D eigenvalue weighted by atomic mass is 16.2. The van der Waals surface area contributed by atoms with Crippen LogP contribution >= 0.6 is 0 Å². The summed E-state index contributed by atoms with van der Waals surface area (Å²) in [6.07, 6.45) is 3.64. The number of carbonyl (C=O) groups excluding carboxylic acids is 1. The van der Waals surface area contributed by atoms with E-state index in [0.29, 0.717) is 13.0 Å². The van der Waals surface area contributed by atoms with Crippen LogP contribution in [0.15, 0.2) is 18.2 Å². The van der Waals surface area contributed by atoms with Crippen LogP contribution in [0.1, 0.15) is 37.3 Å². The number of hydrogen-bond acceptors (Lipinski definition) is 2. The van der Waals surface area contributed by atoms with E-state index < -0.39 is 0 Å². The van der Waals surface area contributed by atoms with Crippen molar-refractivity contribution in [3.63, 3.8) is 0 Å². The van der Waals surface area contributed by atoms with Crippen molar-refractivity contribution in [2.75, 3.05) is 12.3 Å². The highest BCUT2D eigenvalue weighted by molar-refractivity contribution is 5.76. The molecule has 2 N–H and O–H groups in total. The third kappa shape index (κ3) is 2.60. The van der Waals surface area contributed by atoms with E-state index in [9.17, 15) is 4.79 Å². The number of amides is 1. The number of hydrogen-bond donors (Lipinski definition) is 1. The minimum atomic E-state index is 0.265. The number of nitrogens with two attached hydrogens (primary N) is 1. The van der Waals surface area contributed by atoms with Crippen LogP contribution in [0.25, 0.3) is 0 Å². The molecule has 1 aromatic rings. The second-order valence-corrected chi connectivity index (χ2v) is 4.65. The Morgan fingerprint density at radius 1 is 1.47 bits per heavy atom. The van der Waals surface area contributed by atoms with Gasteiger partial charge in [0.2, 0.25) is 5.91 Å². The van der Waals surface area contributed by atoms with Crippen LogP contribution in [0.5, 0.6) is 0 Å². The molecule has 0 fully saturated rings. The molecule has 0 spiro atoms. The number of anilines is 1. The fourth-order valence-corrected chi connectivity index (χ4v) is 2.31. The topological polar surface area (TPSA) is 46.3 Å². The molecule has 0 atom stereocenters. The lowest BCUT2D eigenvalue weighted by molar-refractivity contribution is -0.132. The first kappa shape index (κ1) is 12.0. The van der Waals surface area contributed by atoms with Gasteiger partial charge in [-0.15, -0.1) is 0 Å². The summed E-state index contributed by atoms with van der Waals surface area (Å²) >= 11 is 0. The summed E-state index contributed by atoms with van der Waals surface area (Å²) in [4.78, 5) is 13.9. The van der Waals surface area contributed by atoms with E-state index in [1.54, 1.807) is 0 Å². The summed E-state index contributed by atoms with van der Waals surface area (Å²) in [5, 5.41) is 0. The molecule has 1 aromatic carbocycles. The molecule has 3 nitrogen and oxygen atoms in total. The van der Waals surface area contributed by atoms with Crippen LogP contribution in [0.4, 0.5) is 5.69 Å². The number of nitrogens with zero attached hydrogens (tertiary/aromatic N) is 1. The van der Waals surface area contributed by atoms with Gasteiger partial charge in [-0.1, -0.05) is 25.5 Å². The fourth-order valence-electron chi connectivity index (χ4n) is 2.31. The van der Waals surface area contributed by atoms with Crippen LogP contribution in [0.2, 0.25) is 0 Å². The molecule has 0 aromatic heterocycles. The van der Waals surface area contributed by atoms with Gasteiger partial charge in [-0.05, 0) is 30.0 Å². The minimum absolute atomic E-state index is 0.265. The van der Waals surface area contributed by atoms with Crippen molar-refractivity contribution >= 4 is 11.6 Å². The van der Waals surface area contributed by atoms with Crippen molar-refractivity contribution in [2.45, 2.75) is 39.2 Å². The highest BCUT2D eigenvalue weighted by Gasteiger charge is 2.21. The van der Waals surface area contributed by atoms with Gasteiger partial charge in [-0.3, -0.25) is 4.79 Å². The van der Waals surface area contributed by atoms with Crippen molar-refractivity contribution in [3.8, 4) is 0 Å². The van der Waals surface area contributed by atoms with Crippen molar-refractivity contribution in [1.82, 2.24) is 4.90 Å². The molecule has 0 aliphatic carbocycles. The molecule has 0 saturated carbocycles. The van der Waals surface area contributed by atoms with Crippen LogP contribution in [0, 0.1) is 0 Å². The third-order valence-corrected chi connectivity index (χ3v) is 3.41. The first-order chi connectivity index (χ1) is 8.22. The first-order valence-corrected chi connectivity index (χ1v) is 6.36. The zero-order chi connectivity index (χ0) is 12.3. The standard InChI is InChI=1S/C14H20N2O/c1-2-3-7-14(17)16-9-8-11-5-4-6-13(15)12(11)10-16/h4-6H,2-3,7-10,15H2,1H3. The SMILES string of the molecule is CCCCC(=O)N1CCc2cccc(N)c2C1. The minimum Gasteiger partial charge on any atom is -0.398 e. The normalized spacial score (nSPS) is 14.5. The average molecular weight is 232 g/mol. The maximum absolute atomic E-state index is 12.0. The maximum Gasteiger partial charge on any atom is 0.222 e. The highest BCUT2D eigenvalue weighted by Crippen LogP contribution is 2.24. The molecule has 1 heterocycles. The Morgan fingerprint density at radius 2 is 2.29 bits per heavy atom. The van der Waals surface area contributed by atoms with Crippen LogP contribution in [-0.4, -0.2) is 17.4 Å². The maximum atomic E-state index is 12.0. The van der Waals surface area contributed by atoms with Crippen molar-refractivity contribution in [2.24, 2.45) is 0 Å². The molecular formula is C14H20N2O. The predicted molar refractivity (Wildman–Crippen MR) is 69.5 cm³/mol. The molecule has 0 saturated heterocycles. The van der Waals surface area contributed by atoms with Gasteiger partial charge in [-0.2, -0.15) is 0 Å². The summed E-state index contributed by atoms with van der Waals surface area (Å²) in [6.45, 7) is 3.63.